The molecule has 3 rings (SSSR count). The van der Waals surface area contributed by atoms with Gasteiger partial charge in [-0.1, -0.05) is 6.92 Å². The summed E-state index contributed by atoms with van der Waals surface area (Å²) in [5, 5.41) is 0.986. The lowest BCUT2D eigenvalue weighted by atomic mass is 10.0. The maximum atomic E-state index is 12.4. The third-order valence-corrected chi connectivity index (χ3v) is 4.96. The number of anilines is 1. The molecule has 2 aliphatic heterocycles. The van der Waals surface area contributed by atoms with E-state index in [0.717, 1.165) is 63.0 Å². The Labute approximate surface area is 129 Å². The number of aryl methyl sites for hydroxylation is 1. The van der Waals surface area contributed by atoms with E-state index in [1.165, 1.54) is 11.5 Å². The molecule has 116 valence electrons. The minimum atomic E-state index is 0.0681. The van der Waals surface area contributed by atoms with Gasteiger partial charge in [-0.25, -0.2) is 4.98 Å². The summed E-state index contributed by atoms with van der Waals surface area (Å²) < 4.78 is 9.75. The van der Waals surface area contributed by atoms with Crippen LogP contribution in [0.5, 0.6) is 0 Å². The molecule has 1 atom stereocenters. The fourth-order valence-electron chi connectivity index (χ4n) is 2.83. The number of amides is 1. The minimum Gasteiger partial charge on any atom is -0.381 e. The molecule has 2 saturated heterocycles. The van der Waals surface area contributed by atoms with Crippen LogP contribution in [0.15, 0.2) is 0 Å². The molecule has 0 spiro atoms. The summed E-state index contributed by atoms with van der Waals surface area (Å²) in [6.07, 6.45) is 2.84. The number of piperazine rings is 1. The summed E-state index contributed by atoms with van der Waals surface area (Å²) in [6, 6.07) is 0. The largest absolute Gasteiger partial charge is 0.381 e. The first kappa shape index (κ1) is 14.7. The molecule has 2 fully saturated rings. The van der Waals surface area contributed by atoms with E-state index >= 15 is 0 Å². The highest BCUT2D eigenvalue weighted by Gasteiger charge is 2.29. The SMILES string of the molecule is CCc1nsc(N2CCN(C(=O)C3CCCOC3)CC2)n1. The van der Waals surface area contributed by atoms with Crippen molar-refractivity contribution < 1.29 is 9.53 Å². The summed E-state index contributed by atoms with van der Waals surface area (Å²) in [5.41, 5.74) is 0. The predicted octanol–water partition coefficient (Wildman–Crippen LogP) is 1.18. The van der Waals surface area contributed by atoms with Crippen LogP contribution in [0.2, 0.25) is 0 Å². The van der Waals surface area contributed by atoms with Crippen LogP contribution < -0.4 is 4.90 Å². The van der Waals surface area contributed by atoms with E-state index in [2.05, 4.69) is 21.2 Å². The van der Waals surface area contributed by atoms with E-state index in [1.54, 1.807) is 0 Å². The molecule has 1 aromatic heterocycles. The van der Waals surface area contributed by atoms with Gasteiger partial charge in [0.2, 0.25) is 11.0 Å². The molecule has 1 aromatic rings. The fraction of sp³-hybridized carbons (Fsp3) is 0.786. The maximum Gasteiger partial charge on any atom is 0.228 e. The molecule has 0 aromatic carbocycles. The van der Waals surface area contributed by atoms with Crippen LogP contribution in [-0.2, 0) is 16.0 Å². The second-order valence-corrected chi connectivity index (χ2v) is 6.30. The predicted molar refractivity (Wildman–Crippen MR) is 81.6 cm³/mol. The lowest BCUT2D eigenvalue weighted by molar-refractivity contribution is -0.140. The van der Waals surface area contributed by atoms with Gasteiger partial charge < -0.3 is 14.5 Å². The Kier molecular flexibility index (Phi) is 4.70. The Bertz CT molecular complexity index is 479. The highest BCUT2D eigenvalue weighted by molar-refractivity contribution is 7.09. The van der Waals surface area contributed by atoms with Crippen LogP contribution in [0.4, 0.5) is 5.13 Å². The quantitative estimate of drug-likeness (QED) is 0.839. The first-order chi connectivity index (χ1) is 10.3. The molecule has 1 unspecified atom stereocenters. The molecule has 21 heavy (non-hydrogen) atoms. The Morgan fingerprint density at radius 2 is 2.19 bits per heavy atom. The number of ether oxygens (including phenoxy) is 1. The van der Waals surface area contributed by atoms with Crippen LogP contribution in [0.1, 0.15) is 25.6 Å². The Balaban J connectivity index is 1.53. The summed E-state index contributed by atoms with van der Waals surface area (Å²) in [4.78, 5) is 21.2. The maximum absolute atomic E-state index is 12.4. The number of hydrogen-bond donors (Lipinski definition) is 0. The van der Waals surface area contributed by atoms with Crippen LogP contribution in [0.3, 0.4) is 0 Å². The lowest BCUT2D eigenvalue weighted by Gasteiger charge is -2.36. The zero-order valence-electron chi connectivity index (χ0n) is 12.5. The van der Waals surface area contributed by atoms with Gasteiger partial charge in [-0.2, -0.15) is 4.37 Å². The number of hydrogen-bond acceptors (Lipinski definition) is 6. The monoisotopic (exact) mass is 310 g/mol. The van der Waals surface area contributed by atoms with E-state index in [4.69, 9.17) is 4.74 Å². The van der Waals surface area contributed by atoms with Gasteiger partial charge in [0.15, 0.2) is 0 Å². The summed E-state index contributed by atoms with van der Waals surface area (Å²) >= 11 is 1.46. The standard InChI is InChI=1S/C14H22N4O2S/c1-2-12-15-14(21-16-12)18-7-5-17(6-8-18)13(19)11-4-3-9-20-10-11/h11H,2-10H2,1H3. The fourth-order valence-corrected chi connectivity index (χ4v) is 3.63. The van der Waals surface area contributed by atoms with Crippen molar-refractivity contribution in [3.05, 3.63) is 5.82 Å². The lowest BCUT2D eigenvalue weighted by Crippen LogP contribution is -2.51. The van der Waals surface area contributed by atoms with Gasteiger partial charge in [0.1, 0.15) is 5.82 Å². The van der Waals surface area contributed by atoms with Crippen molar-refractivity contribution in [2.24, 2.45) is 5.92 Å². The van der Waals surface area contributed by atoms with E-state index in [0.29, 0.717) is 6.61 Å². The van der Waals surface area contributed by atoms with Gasteiger partial charge in [0.25, 0.3) is 0 Å². The average Bonchev–Trinajstić information content (AvgIpc) is 3.04. The summed E-state index contributed by atoms with van der Waals surface area (Å²) in [5.74, 6) is 1.24. The zero-order valence-corrected chi connectivity index (χ0v) is 13.3. The van der Waals surface area contributed by atoms with Crippen molar-refractivity contribution >= 4 is 22.6 Å². The van der Waals surface area contributed by atoms with Crippen LogP contribution >= 0.6 is 11.5 Å². The Morgan fingerprint density at radius 3 is 2.81 bits per heavy atom. The second kappa shape index (κ2) is 6.70. The number of carbonyl (C=O) groups excluding carboxylic acids is 1. The normalized spacial score (nSPS) is 23.4. The third kappa shape index (κ3) is 3.35. The molecule has 2 aliphatic rings. The van der Waals surface area contributed by atoms with Crippen molar-refractivity contribution in [1.29, 1.82) is 0 Å². The molecule has 0 bridgehead atoms. The van der Waals surface area contributed by atoms with Gasteiger partial charge in [-0.3, -0.25) is 4.79 Å². The number of nitrogens with zero attached hydrogens (tertiary/aromatic N) is 4. The van der Waals surface area contributed by atoms with Crippen molar-refractivity contribution in [1.82, 2.24) is 14.3 Å². The molecule has 3 heterocycles. The molecule has 0 saturated carbocycles. The summed E-state index contributed by atoms with van der Waals surface area (Å²) in [7, 11) is 0. The highest BCUT2D eigenvalue weighted by atomic mass is 32.1. The second-order valence-electron chi connectivity index (χ2n) is 5.57. The zero-order chi connectivity index (χ0) is 14.7. The molecule has 6 nitrogen and oxygen atoms in total. The first-order valence-electron chi connectivity index (χ1n) is 7.72. The molecular formula is C14H22N4O2S. The van der Waals surface area contributed by atoms with E-state index < -0.39 is 0 Å². The van der Waals surface area contributed by atoms with Gasteiger partial charge in [0.05, 0.1) is 12.5 Å². The Morgan fingerprint density at radius 1 is 1.38 bits per heavy atom. The van der Waals surface area contributed by atoms with Crippen LogP contribution in [-0.4, -0.2) is 59.6 Å². The van der Waals surface area contributed by atoms with Crippen molar-refractivity contribution in [2.75, 3.05) is 44.3 Å². The highest BCUT2D eigenvalue weighted by Crippen LogP contribution is 2.21. The topological polar surface area (TPSA) is 58.6 Å². The van der Waals surface area contributed by atoms with Crippen LogP contribution in [0, 0.1) is 5.92 Å². The molecule has 0 N–H and O–H groups in total. The van der Waals surface area contributed by atoms with E-state index in [-0.39, 0.29) is 11.8 Å². The number of aromatic nitrogens is 2. The molecular weight excluding hydrogens is 288 g/mol. The molecule has 0 radical (unpaired) electrons. The molecule has 0 aliphatic carbocycles. The van der Waals surface area contributed by atoms with Crippen molar-refractivity contribution in [2.45, 2.75) is 26.2 Å². The summed E-state index contributed by atoms with van der Waals surface area (Å²) in [6.45, 7) is 6.69. The van der Waals surface area contributed by atoms with E-state index in [1.807, 2.05) is 4.90 Å². The average molecular weight is 310 g/mol. The number of rotatable bonds is 3. The smallest absolute Gasteiger partial charge is 0.228 e. The Hall–Kier alpha value is -1.21. The van der Waals surface area contributed by atoms with Crippen LogP contribution in [0.25, 0.3) is 0 Å². The van der Waals surface area contributed by atoms with Gasteiger partial charge >= 0.3 is 0 Å². The van der Waals surface area contributed by atoms with E-state index in [9.17, 15) is 4.79 Å². The van der Waals surface area contributed by atoms with Gasteiger partial charge in [-0.15, -0.1) is 0 Å². The third-order valence-electron chi connectivity index (χ3n) is 4.14. The van der Waals surface area contributed by atoms with Crippen molar-refractivity contribution in [3.63, 3.8) is 0 Å². The van der Waals surface area contributed by atoms with Crippen molar-refractivity contribution in [3.8, 4) is 0 Å². The number of carbonyl (C=O) groups is 1. The van der Waals surface area contributed by atoms with Gasteiger partial charge in [-0.05, 0) is 12.8 Å². The molecule has 7 heteroatoms. The first-order valence-corrected chi connectivity index (χ1v) is 8.49. The molecule has 1 amide bonds. The minimum absolute atomic E-state index is 0.0681. The van der Waals surface area contributed by atoms with Gasteiger partial charge in [0, 0.05) is 50.7 Å².